The second kappa shape index (κ2) is 6.11. The summed E-state index contributed by atoms with van der Waals surface area (Å²) in [5.74, 6) is 0.500. The van der Waals surface area contributed by atoms with Crippen LogP contribution < -0.4 is 4.74 Å². The molecule has 1 aliphatic rings. The molecule has 1 aliphatic heterocycles. The minimum Gasteiger partial charge on any atom is -0.496 e. The van der Waals surface area contributed by atoms with Gasteiger partial charge in [-0.3, -0.25) is 0 Å². The Morgan fingerprint density at radius 2 is 2.20 bits per heavy atom. The van der Waals surface area contributed by atoms with Crippen LogP contribution in [-0.4, -0.2) is 37.5 Å². The highest BCUT2D eigenvalue weighted by atomic mass is 32.2. The number of nitrogens with zero attached hydrogens (tertiary/aromatic N) is 1. The van der Waals surface area contributed by atoms with Crippen LogP contribution in [0.5, 0.6) is 5.75 Å². The first-order chi connectivity index (χ1) is 9.54. The molecule has 20 heavy (non-hydrogen) atoms. The molecule has 0 amide bonds. The molecule has 0 spiro atoms. The summed E-state index contributed by atoms with van der Waals surface area (Å²) < 4.78 is 32.0. The van der Waals surface area contributed by atoms with E-state index in [1.165, 1.54) is 13.2 Å². The van der Waals surface area contributed by atoms with Crippen LogP contribution in [0.4, 0.5) is 0 Å². The topological polar surface area (TPSA) is 66.8 Å². The predicted octanol–water partition coefficient (Wildman–Crippen LogP) is 1.75. The van der Waals surface area contributed by atoms with E-state index in [9.17, 15) is 13.5 Å². The predicted molar refractivity (Wildman–Crippen MR) is 76.1 cm³/mol. The molecule has 2 rings (SSSR count). The fourth-order valence-corrected chi connectivity index (χ4v) is 4.53. The van der Waals surface area contributed by atoms with Crippen LogP contribution in [0, 0.1) is 0 Å². The van der Waals surface area contributed by atoms with Crippen LogP contribution in [0.2, 0.25) is 0 Å². The van der Waals surface area contributed by atoms with E-state index in [-0.39, 0.29) is 17.5 Å². The van der Waals surface area contributed by atoms with Crippen LogP contribution in [0.3, 0.4) is 0 Å². The number of sulfonamides is 1. The lowest BCUT2D eigenvalue weighted by Gasteiger charge is -2.23. The minimum absolute atomic E-state index is 0.0830. The Balaban J connectivity index is 2.39. The van der Waals surface area contributed by atoms with Gasteiger partial charge in [-0.2, -0.15) is 4.31 Å². The molecule has 5 nitrogen and oxygen atoms in total. The Labute approximate surface area is 120 Å². The number of aliphatic hydroxyl groups is 1. The van der Waals surface area contributed by atoms with Crippen molar-refractivity contribution in [1.29, 1.82) is 0 Å². The number of hydrogen-bond acceptors (Lipinski definition) is 4. The van der Waals surface area contributed by atoms with E-state index in [1.54, 1.807) is 16.4 Å². The van der Waals surface area contributed by atoms with Gasteiger partial charge in [0.1, 0.15) is 5.75 Å². The minimum atomic E-state index is -3.49. The maximum atomic E-state index is 12.7. The molecule has 1 fully saturated rings. The third kappa shape index (κ3) is 2.68. The Morgan fingerprint density at radius 1 is 1.45 bits per heavy atom. The van der Waals surface area contributed by atoms with Crippen LogP contribution in [0.25, 0.3) is 0 Å². The lowest BCUT2D eigenvalue weighted by Crippen LogP contribution is -2.35. The van der Waals surface area contributed by atoms with E-state index in [1.807, 2.05) is 6.92 Å². The molecule has 1 unspecified atom stereocenters. The fourth-order valence-electron chi connectivity index (χ4n) is 2.71. The summed E-state index contributed by atoms with van der Waals surface area (Å²) >= 11 is 0. The SMILES string of the molecule is CCC1CCCN1S(=O)(=O)c1ccc(OC)c(CO)c1. The average molecular weight is 299 g/mol. The molecular formula is C14H21NO4S. The average Bonchev–Trinajstić information content (AvgIpc) is 2.95. The number of rotatable bonds is 5. The molecule has 6 heteroatoms. The molecule has 0 aromatic heterocycles. The van der Waals surface area contributed by atoms with Gasteiger partial charge in [0, 0.05) is 18.2 Å². The van der Waals surface area contributed by atoms with Crippen molar-refractivity contribution < 1.29 is 18.3 Å². The summed E-state index contributed by atoms with van der Waals surface area (Å²) in [4.78, 5) is 0.225. The number of benzene rings is 1. The first kappa shape index (κ1) is 15.3. The molecule has 0 aliphatic carbocycles. The summed E-state index contributed by atoms with van der Waals surface area (Å²) in [6.45, 7) is 2.33. The molecule has 0 bridgehead atoms. The highest BCUT2D eigenvalue weighted by Gasteiger charge is 2.34. The second-order valence-corrected chi connectivity index (χ2v) is 6.84. The van der Waals surface area contributed by atoms with Crippen molar-refractivity contribution >= 4 is 10.0 Å². The summed E-state index contributed by atoms with van der Waals surface area (Å²) in [6.07, 6.45) is 2.64. The van der Waals surface area contributed by atoms with E-state index >= 15 is 0 Å². The van der Waals surface area contributed by atoms with E-state index in [4.69, 9.17) is 4.74 Å². The summed E-state index contributed by atoms with van der Waals surface area (Å²) in [5, 5.41) is 9.31. The van der Waals surface area contributed by atoms with Gasteiger partial charge in [-0.25, -0.2) is 8.42 Å². The van der Waals surface area contributed by atoms with Crippen molar-refractivity contribution in [2.75, 3.05) is 13.7 Å². The third-order valence-corrected chi connectivity index (χ3v) is 5.77. The summed E-state index contributed by atoms with van der Waals surface area (Å²) in [5.41, 5.74) is 0.487. The maximum absolute atomic E-state index is 12.7. The van der Waals surface area contributed by atoms with Crippen LogP contribution in [-0.2, 0) is 16.6 Å². The number of ether oxygens (including phenoxy) is 1. The Hall–Kier alpha value is -1.11. The zero-order chi connectivity index (χ0) is 14.8. The van der Waals surface area contributed by atoms with Gasteiger partial charge in [-0.15, -0.1) is 0 Å². The van der Waals surface area contributed by atoms with Crippen LogP contribution in [0.1, 0.15) is 31.7 Å². The smallest absolute Gasteiger partial charge is 0.243 e. The summed E-state index contributed by atoms with van der Waals surface area (Å²) in [6, 6.07) is 4.72. The number of aliphatic hydroxyl groups excluding tert-OH is 1. The van der Waals surface area contributed by atoms with Gasteiger partial charge in [0.15, 0.2) is 0 Å². The van der Waals surface area contributed by atoms with E-state index in [0.29, 0.717) is 17.9 Å². The van der Waals surface area contributed by atoms with Crippen molar-refractivity contribution in [2.24, 2.45) is 0 Å². The van der Waals surface area contributed by atoms with Gasteiger partial charge in [0.2, 0.25) is 10.0 Å². The summed E-state index contributed by atoms with van der Waals surface area (Å²) in [7, 11) is -1.99. The molecule has 1 aromatic carbocycles. The van der Waals surface area contributed by atoms with Crippen molar-refractivity contribution in [3.8, 4) is 5.75 Å². The Bertz CT molecular complexity index is 571. The Morgan fingerprint density at radius 3 is 2.80 bits per heavy atom. The second-order valence-electron chi connectivity index (χ2n) is 4.95. The van der Waals surface area contributed by atoms with Crippen molar-refractivity contribution in [2.45, 2.75) is 43.7 Å². The third-order valence-electron chi connectivity index (χ3n) is 3.82. The lowest BCUT2D eigenvalue weighted by molar-refractivity contribution is 0.273. The maximum Gasteiger partial charge on any atom is 0.243 e. The van der Waals surface area contributed by atoms with Gasteiger partial charge in [-0.05, 0) is 37.5 Å². The Kier molecular flexibility index (Phi) is 4.67. The van der Waals surface area contributed by atoms with Crippen molar-refractivity contribution in [1.82, 2.24) is 4.31 Å². The fraction of sp³-hybridized carbons (Fsp3) is 0.571. The zero-order valence-corrected chi connectivity index (χ0v) is 12.7. The van der Waals surface area contributed by atoms with Crippen molar-refractivity contribution in [3.63, 3.8) is 0 Å². The highest BCUT2D eigenvalue weighted by molar-refractivity contribution is 7.89. The lowest BCUT2D eigenvalue weighted by atomic mass is 10.2. The molecule has 1 heterocycles. The monoisotopic (exact) mass is 299 g/mol. The van der Waals surface area contributed by atoms with Gasteiger partial charge in [0.25, 0.3) is 0 Å². The number of methoxy groups -OCH3 is 1. The van der Waals surface area contributed by atoms with Gasteiger partial charge >= 0.3 is 0 Å². The molecule has 1 atom stereocenters. The number of hydrogen-bond donors (Lipinski definition) is 1. The van der Waals surface area contributed by atoms with Gasteiger partial charge in [-0.1, -0.05) is 6.92 Å². The van der Waals surface area contributed by atoms with E-state index in [0.717, 1.165) is 19.3 Å². The van der Waals surface area contributed by atoms with E-state index in [2.05, 4.69) is 0 Å². The molecule has 1 saturated heterocycles. The van der Waals surface area contributed by atoms with E-state index < -0.39 is 10.0 Å². The first-order valence-electron chi connectivity index (χ1n) is 6.84. The van der Waals surface area contributed by atoms with Gasteiger partial charge < -0.3 is 9.84 Å². The molecule has 1 aromatic rings. The molecular weight excluding hydrogens is 278 g/mol. The zero-order valence-electron chi connectivity index (χ0n) is 11.9. The first-order valence-corrected chi connectivity index (χ1v) is 8.28. The quantitative estimate of drug-likeness (QED) is 0.899. The molecule has 0 radical (unpaired) electrons. The highest BCUT2D eigenvalue weighted by Crippen LogP contribution is 2.30. The standard InChI is InChI=1S/C14H21NO4S/c1-3-12-5-4-8-15(12)20(17,18)13-6-7-14(19-2)11(9-13)10-16/h6-7,9,12,16H,3-5,8,10H2,1-2H3. The van der Waals surface area contributed by atoms with Gasteiger partial charge in [0.05, 0.1) is 18.6 Å². The normalized spacial score (nSPS) is 20.2. The molecule has 112 valence electrons. The van der Waals surface area contributed by atoms with Crippen LogP contribution >= 0.6 is 0 Å². The largest absolute Gasteiger partial charge is 0.496 e. The molecule has 0 saturated carbocycles. The van der Waals surface area contributed by atoms with Crippen molar-refractivity contribution in [3.05, 3.63) is 23.8 Å². The molecule has 1 N–H and O–H groups in total. The van der Waals surface area contributed by atoms with Crippen LogP contribution in [0.15, 0.2) is 23.1 Å².